The van der Waals surface area contributed by atoms with Crippen molar-refractivity contribution in [3.8, 4) is 0 Å². The molecule has 0 bridgehead atoms. The highest BCUT2D eigenvalue weighted by molar-refractivity contribution is 5.88. The number of hydrogen-bond donors (Lipinski definition) is 1. The second-order valence-corrected chi connectivity index (χ2v) is 4.86. The molecule has 0 saturated carbocycles. The van der Waals surface area contributed by atoms with E-state index in [1.54, 1.807) is 11.8 Å². The first-order valence-corrected chi connectivity index (χ1v) is 6.49. The molecule has 2 heterocycles. The quantitative estimate of drug-likeness (QED) is 0.867. The van der Waals surface area contributed by atoms with Gasteiger partial charge in [0.1, 0.15) is 11.8 Å². The van der Waals surface area contributed by atoms with E-state index in [1.807, 2.05) is 13.8 Å². The Kier molecular flexibility index (Phi) is 3.87. The zero-order valence-electron chi connectivity index (χ0n) is 11.5. The zero-order chi connectivity index (χ0) is 14.0. The number of piperazine rings is 1. The number of rotatable bonds is 3. The number of hydrogen-bond acceptors (Lipinski definition) is 4. The normalized spacial score (nSPS) is 19.4. The van der Waals surface area contributed by atoms with Gasteiger partial charge in [-0.15, -0.1) is 0 Å². The molecule has 19 heavy (non-hydrogen) atoms. The second-order valence-electron chi connectivity index (χ2n) is 4.86. The van der Waals surface area contributed by atoms with Gasteiger partial charge >= 0.3 is 0 Å². The lowest BCUT2D eigenvalue weighted by Gasteiger charge is -2.32. The molecule has 1 aliphatic rings. The molecule has 104 valence electrons. The van der Waals surface area contributed by atoms with Gasteiger partial charge in [0.2, 0.25) is 11.8 Å². The molecule has 1 fully saturated rings. The van der Waals surface area contributed by atoms with Gasteiger partial charge in [-0.25, -0.2) is 0 Å². The molecule has 0 radical (unpaired) electrons. The fourth-order valence-electron chi connectivity index (χ4n) is 2.36. The SMILES string of the molecule is Cc1noc(C)c1CCC(=O)N1CCNC(=O)C1C. The van der Waals surface area contributed by atoms with E-state index in [-0.39, 0.29) is 17.9 Å². The molecule has 1 aromatic heterocycles. The number of nitrogens with zero attached hydrogens (tertiary/aromatic N) is 2. The van der Waals surface area contributed by atoms with Crippen molar-refractivity contribution in [3.63, 3.8) is 0 Å². The number of carbonyl (C=O) groups excluding carboxylic acids is 2. The van der Waals surface area contributed by atoms with Crippen molar-refractivity contribution in [2.24, 2.45) is 0 Å². The minimum Gasteiger partial charge on any atom is -0.361 e. The van der Waals surface area contributed by atoms with Gasteiger partial charge in [-0.2, -0.15) is 0 Å². The molecule has 1 saturated heterocycles. The highest BCUT2D eigenvalue weighted by atomic mass is 16.5. The Morgan fingerprint density at radius 3 is 2.89 bits per heavy atom. The van der Waals surface area contributed by atoms with Crippen LogP contribution in [0.3, 0.4) is 0 Å². The summed E-state index contributed by atoms with van der Waals surface area (Å²) in [7, 11) is 0. The minimum atomic E-state index is -0.383. The van der Waals surface area contributed by atoms with E-state index in [2.05, 4.69) is 10.5 Å². The van der Waals surface area contributed by atoms with Crippen LogP contribution in [0.2, 0.25) is 0 Å². The Hall–Kier alpha value is -1.85. The van der Waals surface area contributed by atoms with Gasteiger partial charge in [0.15, 0.2) is 0 Å². The molecule has 2 amide bonds. The molecule has 0 spiro atoms. The predicted molar refractivity (Wildman–Crippen MR) is 68.5 cm³/mol. The zero-order valence-corrected chi connectivity index (χ0v) is 11.5. The molecule has 0 aliphatic carbocycles. The Labute approximate surface area is 112 Å². The summed E-state index contributed by atoms with van der Waals surface area (Å²) in [5.74, 6) is 0.675. The van der Waals surface area contributed by atoms with Crippen molar-refractivity contribution in [2.75, 3.05) is 13.1 Å². The Morgan fingerprint density at radius 1 is 1.53 bits per heavy atom. The van der Waals surface area contributed by atoms with Crippen LogP contribution in [0.5, 0.6) is 0 Å². The fourth-order valence-corrected chi connectivity index (χ4v) is 2.36. The van der Waals surface area contributed by atoms with E-state index in [0.717, 1.165) is 17.0 Å². The number of aromatic nitrogens is 1. The van der Waals surface area contributed by atoms with Crippen molar-refractivity contribution in [2.45, 2.75) is 39.7 Å². The van der Waals surface area contributed by atoms with E-state index in [1.165, 1.54) is 0 Å². The standard InChI is InChI=1S/C13H19N3O3/c1-8-11(10(3)19-15-8)4-5-12(17)16-7-6-14-13(18)9(16)2/h9H,4-7H2,1-3H3,(H,14,18). The summed E-state index contributed by atoms with van der Waals surface area (Å²) in [6.07, 6.45) is 0.978. The van der Waals surface area contributed by atoms with Crippen LogP contribution in [0, 0.1) is 13.8 Å². The first-order valence-electron chi connectivity index (χ1n) is 6.49. The molecule has 1 aliphatic heterocycles. The first kappa shape index (κ1) is 13.6. The summed E-state index contributed by atoms with van der Waals surface area (Å²) in [5.41, 5.74) is 1.82. The highest BCUT2D eigenvalue weighted by Gasteiger charge is 2.29. The third-order valence-corrected chi connectivity index (χ3v) is 3.59. The van der Waals surface area contributed by atoms with Crippen LogP contribution in [0.15, 0.2) is 4.52 Å². The Morgan fingerprint density at radius 2 is 2.26 bits per heavy atom. The smallest absolute Gasteiger partial charge is 0.242 e. The molecular formula is C13H19N3O3. The van der Waals surface area contributed by atoms with E-state index in [4.69, 9.17) is 4.52 Å². The third kappa shape index (κ3) is 2.77. The Bertz CT molecular complexity index is 476. The van der Waals surface area contributed by atoms with Crippen LogP contribution < -0.4 is 5.32 Å². The summed E-state index contributed by atoms with van der Waals surface area (Å²) in [4.78, 5) is 25.3. The lowest BCUT2D eigenvalue weighted by molar-refractivity contribution is -0.142. The fraction of sp³-hybridized carbons (Fsp3) is 0.615. The number of amides is 2. The number of aryl methyl sites for hydroxylation is 2. The van der Waals surface area contributed by atoms with Crippen LogP contribution in [0.4, 0.5) is 0 Å². The summed E-state index contributed by atoms with van der Waals surface area (Å²) in [5, 5.41) is 6.62. The van der Waals surface area contributed by atoms with Crippen molar-refractivity contribution in [1.29, 1.82) is 0 Å². The van der Waals surface area contributed by atoms with Gasteiger partial charge in [-0.3, -0.25) is 9.59 Å². The summed E-state index contributed by atoms with van der Waals surface area (Å²) >= 11 is 0. The molecule has 6 heteroatoms. The van der Waals surface area contributed by atoms with Crippen LogP contribution in [-0.2, 0) is 16.0 Å². The Balaban J connectivity index is 1.96. The van der Waals surface area contributed by atoms with Gasteiger partial charge in [0, 0.05) is 25.1 Å². The lowest BCUT2D eigenvalue weighted by Crippen LogP contribution is -2.55. The molecule has 0 aromatic carbocycles. The predicted octanol–water partition coefficient (Wildman–Crippen LogP) is 0.571. The summed E-state index contributed by atoms with van der Waals surface area (Å²) in [6, 6.07) is -0.383. The van der Waals surface area contributed by atoms with Crippen LogP contribution in [-0.4, -0.2) is 41.0 Å². The lowest BCUT2D eigenvalue weighted by atomic mass is 10.1. The van der Waals surface area contributed by atoms with Crippen molar-refractivity contribution in [1.82, 2.24) is 15.4 Å². The van der Waals surface area contributed by atoms with Gasteiger partial charge in [-0.1, -0.05) is 5.16 Å². The van der Waals surface area contributed by atoms with Crippen LogP contribution in [0.1, 0.15) is 30.4 Å². The van der Waals surface area contributed by atoms with E-state index in [0.29, 0.717) is 25.9 Å². The van der Waals surface area contributed by atoms with Gasteiger partial charge in [0.25, 0.3) is 0 Å². The monoisotopic (exact) mass is 265 g/mol. The molecular weight excluding hydrogens is 246 g/mol. The maximum absolute atomic E-state index is 12.2. The maximum atomic E-state index is 12.2. The van der Waals surface area contributed by atoms with Crippen LogP contribution in [0.25, 0.3) is 0 Å². The number of carbonyl (C=O) groups is 2. The largest absolute Gasteiger partial charge is 0.361 e. The highest BCUT2D eigenvalue weighted by Crippen LogP contribution is 2.16. The molecule has 6 nitrogen and oxygen atoms in total. The van der Waals surface area contributed by atoms with E-state index in [9.17, 15) is 9.59 Å². The van der Waals surface area contributed by atoms with Gasteiger partial charge in [-0.05, 0) is 27.2 Å². The van der Waals surface area contributed by atoms with Crippen molar-refractivity contribution in [3.05, 3.63) is 17.0 Å². The van der Waals surface area contributed by atoms with E-state index >= 15 is 0 Å². The minimum absolute atomic E-state index is 0.00218. The summed E-state index contributed by atoms with van der Waals surface area (Å²) < 4.78 is 5.07. The summed E-state index contributed by atoms with van der Waals surface area (Å²) in [6.45, 7) is 6.57. The van der Waals surface area contributed by atoms with E-state index < -0.39 is 0 Å². The van der Waals surface area contributed by atoms with Gasteiger partial charge < -0.3 is 14.7 Å². The number of nitrogens with one attached hydrogen (secondary N) is 1. The molecule has 1 atom stereocenters. The molecule has 1 aromatic rings. The first-order chi connectivity index (χ1) is 9.00. The van der Waals surface area contributed by atoms with Gasteiger partial charge in [0.05, 0.1) is 5.69 Å². The average molecular weight is 265 g/mol. The van der Waals surface area contributed by atoms with Crippen molar-refractivity contribution >= 4 is 11.8 Å². The second kappa shape index (κ2) is 5.42. The molecule has 2 rings (SSSR count). The van der Waals surface area contributed by atoms with Crippen LogP contribution >= 0.6 is 0 Å². The average Bonchev–Trinajstić information content (AvgIpc) is 2.70. The van der Waals surface area contributed by atoms with Crippen molar-refractivity contribution < 1.29 is 14.1 Å². The molecule has 1 unspecified atom stereocenters. The molecule has 1 N–H and O–H groups in total. The third-order valence-electron chi connectivity index (χ3n) is 3.59. The maximum Gasteiger partial charge on any atom is 0.242 e. The topological polar surface area (TPSA) is 75.4 Å².